The second-order valence-corrected chi connectivity index (χ2v) is 8.67. The lowest BCUT2D eigenvalue weighted by Gasteiger charge is -2.11. The van der Waals surface area contributed by atoms with Crippen LogP contribution in [0, 0.1) is 0 Å². The summed E-state index contributed by atoms with van der Waals surface area (Å²) in [7, 11) is 0. The Morgan fingerprint density at radius 3 is 2.10 bits per heavy atom. The van der Waals surface area contributed by atoms with Gasteiger partial charge in [-0.3, -0.25) is 9.59 Å². The van der Waals surface area contributed by atoms with Crippen LogP contribution in [0.15, 0.2) is 75.2 Å². The molecule has 0 fully saturated rings. The van der Waals surface area contributed by atoms with E-state index < -0.39 is 0 Å². The van der Waals surface area contributed by atoms with Crippen molar-refractivity contribution in [1.29, 1.82) is 0 Å². The van der Waals surface area contributed by atoms with E-state index in [1.54, 1.807) is 42.5 Å². The van der Waals surface area contributed by atoms with Gasteiger partial charge in [-0.05, 0) is 57.4 Å². The third kappa shape index (κ3) is 4.08. The second kappa shape index (κ2) is 8.27. The zero-order chi connectivity index (χ0) is 20.5. The number of rotatable bonds is 4. The van der Waals surface area contributed by atoms with Crippen LogP contribution < -0.4 is 4.74 Å². The number of hydrogen-bond acceptors (Lipinski definition) is 3. The number of ether oxygens (including phenoxy) is 1. The Hall–Kier alpha value is -2.21. The van der Waals surface area contributed by atoms with Crippen molar-refractivity contribution < 1.29 is 14.3 Å². The predicted molar refractivity (Wildman–Crippen MR) is 121 cm³/mol. The molecule has 144 valence electrons. The van der Waals surface area contributed by atoms with Gasteiger partial charge < -0.3 is 4.74 Å². The number of ketones is 2. The fourth-order valence-electron chi connectivity index (χ4n) is 3.11. The Kier molecular flexibility index (Phi) is 5.72. The molecule has 1 aliphatic rings. The van der Waals surface area contributed by atoms with Crippen molar-refractivity contribution >= 4 is 61.1 Å². The molecule has 0 spiro atoms. The van der Waals surface area contributed by atoms with E-state index >= 15 is 0 Å². The molecule has 1 aliphatic carbocycles. The largest absolute Gasteiger partial charge is 0.486 e. The van der Waals surface area contributed by atoms with E-state index in [0.29, 0.717) is 38.5 Å². The number of carbonyl (C=O) groups is 2. The second-order valence-electron chi connectivity index (χ2n) is 6.49. The lowest BCUT2D eigenvalue weighted by atomic mass is 10.1. The molecule has 3 aromatic carbocycles. The van der Waals surface area contributed by atoms with Crippen LogP contribution in [-0.4, -0.2) is 11.6 Å². The first-order chi connectivity index (χ1) is 13.9. The molecule has 29 heavy (non-hydrogen) atoms. The highest BCUT2D eigenvalue weighted by Gasteiger charge is 2.32. The summed E-state index contributed by atoms with van der Waals surface area (Å²) in [6, 6.07) is 18.1. The van der Waals surface area contributed by atoms with Gasteiger partial charge in [0.25, 0.3) is 0 Å². The van der Waals surface area contributed by atoms with E-state index in [1.807, 2.05) is 24.3 Å². The Morgan fingerprint density at radius 1 is 0.897 bits per heavy atom. The molecule has 3 nitrogen and oxygen atoms in total. The van der Waals surface area contributed by atoms with Crippen molar-refractivity contribution in [2.75, 3.05) is 0 Å². The summed E-state index contributed by atoms with van der Waals surface area (Å²) in [6.45, 7) is 0.359. The van der Waals surface area contributed by atoms with Crippen molar-refractivity contribution in [3.8, 4) is 5.75 Å². The molecule has 0 radical (unpaired) electrons. The van der Waals surface area contributed by atoms with Crippen molar-refractivity contribution in [2.45, 2.75) is 6.61 Å². The predicted octanol–water partition coefficient (Wildman–Crippen LogP) is 6.91. The highest BCUT2D eigenvalue weighted by atomic mass is 79.9. The monoisotopic (exact) mass is 530 g/mol. The van der Waals surface area contributed by atoms with E-state index in [4.69, 9.17) is 16.3 Å². The van der Waals surface area contributed by atoms with Gasteiger partial charge in [-0.15, -0.1) is 0 Å². The molecule has 0 amide bonds. The van der Waals surface area contributed by atoms with E-state index in [-0.39, 0.29) is 17.1 Å². The third-order valence-electron chi connectivity index (χ3n) is 4.53. The van der Waals surface area contributed by atoms with E-state index in [9.17, 15) is 9.59 Å². The molecule has 0 unspecified atom stereocenters. The number of fused-ring (bicyclic) bond motifs is 1. The summed E-state index contributed by atoms with van der Waals surface area (Å²) in [4.78, 5) is 25.1. The van der Waals surface area contributed by atoms with Crippen molar-refractivity contribution in [3.63, 3.8) is 0 Å². The molecular formula is C23H13Br2ClO3. The van der Waals surface area contributed by atoms with Crippen LogP contribution in [0.25, 0.3) is 6.08 Å². The number of halogens is 3. The molecule has 0 N–H and O–H groups in total. The van der Waals surface area contributed by atoms with Crippen LogP contribution in [0.4, 0.5) is 0 Å². The Balaban J connectivity index is 1.59. The number of carbonyl (C=O) groups excluding carboxylic acids is 2. The van der Waals surface area contributed by atoms with Gasteiger partial charge in [0.1, 0.15) is 6.61 Å². The van der Waals surface area contributed by atoms with Crippen LogP contribution >= 0.6 is 43.5 Å². The Bertz CT molecular complexity index is 1110. The van der Waals surface area contributed by atoms with Gasteiger partial charge in [0.15, 0.2) is 17.3 Å². The fraction of sp³-hybridized carbons (Fsp3) is 0.0435. The summed E-state index contributed by atoms with van der Waals surface area (Å²) < 4.78 is 7.50. The van der Waals surface area contributed by atoms with E-state index in [0.717, 1.165) is 10.0 Å². The zero-order valence-electron chi connectivity index (χ0n) is 14.9. The topological polar surface area (TPSA) is 43.4 Å². The maximum Gasteiger partial charge on any atom is 0.197 e. The normalized spacial score (nSPS) is 12.9. The average molecular weight is 533 g/mol. The van der Waals surface area contributed by atoms with Crippen LogP contribution in [0.2, 0.25) is 5.02 Å². The van der Waals surface area contributed by atoms with Crippen LogP contribution in [-0.2, 0) is 6.61 Å². The Labute approximate surface area is 189 Å². The zero-order valence-corrected chi connectivity index (χ0v) is 18.8. The first-order valence-corrected chi connectivity index (χ1v) is 10.7. The van der Waals surface area contributed by atoms with Crippen molar-refractivity contribution in [2.24, 2.45) is 0 Å². The smallest absolute Gasteiger partial charge is 0.197 e. The van der Waals surface area contributed by atoms with Crippen LogP contribution in [0.3, 0.4) is 0 Å². The van der Waals surface area contributed by atoms with Crippen LogP contribution in [0.1, 0.15) is 31.8 Å². The van der Waals surface area contributed by atoms with Gasteiger partial charge in [-0.1, -0.05) is 63.9 Å². The maximum atomic E-state index is 12.6. The summed E-state index contributed by atoms with van der Waals surface area (Å²) in [6.07, 6.45) is 1.57. The number of benzene rings is 3. The van der Waals surface area contributed by atoms with E-state index in [2.05, 4.69) is 31.9 Å². The molecule has 0 heterocycles. The molecule has 0 bridgehead atoms. The SMILES string of the molecule is O=C1C(=Cc2cc(Cl)c(OCc3ccc(Br)cc3)c(Br)c2)C(=O)c2ccccc21. The van der Waals surface area contributed by atoms with Crippen molar-refractivity contribution in [3.05, 3.63) is 102 Å². The quantitative estimate of drug-likeness (QED) is 0.271. The number of Topliss-reactive ketones (excluding diaryl/α,β-unsaturated/α-hetero) is 2. The molecule has 6 heteroatoms. The minimum atomic E-state index is -0.270. The average Bonchev–Trinajstić information content (AvgIpc) is 2.94. The highest BCUT2D eigenvalue weighted by Crippen LogP contribution is 2.36. The first-order valence-electron chi connectivity index (χ1n) is 8.70. The minimum Gasteiger partial charge on any atom is -0.486 e. The molecule has 3 aromatic rings. The number of hydrogen-bond donors (Lipinski definition) is 0. The van der Waals surface area contributed by atoms with Crippen LogP contribution in [0.5, 0.6) is 5.75 Å². The Morgan fingerprint density at radius 2 is 1.52 bits per heavy atom. The van der Waals surface area contributed by atoms with Gasteiger partial charge in [0, 0.05) is 15.6 Å². The summed E-state index contributed by atoms with van der Waals surface area (Å²) >= 11 is 13.3. The summed E-state index contributed by atoms with van der Waals surface area (Å²) in [5.74, 6) is -0.0362. The maximum absolute atomic E-state index is 12.6. The fourth-order valence-corrected chi connectivity index (χ4v) is 4.36. The lowest BCUT2D eigenvalue weighted by molar-refractivity contribution is 0.0990. The first kappa shape index (κ1) is 20.1. The van der Waals surface area contributed by atoms with Gasteiger partial charge in [-0.2, -0.15) is 0 Å². The summed E-state index contributed by atoms with van der Waals surface area (Å²) in [5, 5.41) is 0.388. The molecule has 4 rings (SSSR count). The highest BCUT2D eigenvalue weighted by molar-refractivity contribution is 9.10. The standard InChI is InChI=1S/C23H13Br2ClO3/c24-15-7-5-13(6-8-15)12-29-23-19(25)10-14(11-20(23)26)9-18-21(27)16-3-1-2-4-17(16)22(18)28/h1-11H,12H2. The van der Waals surface area contributed by atoms with Gasteiger partial charge >= 0.3 is 0 Å². The molecule has 0 aromatic heterocycles. The molecule has 0 saturated heterocycles. The number of allylic oxidation sites excluding steroid dienone is 1. The van der Waals surface area contributed by atoms with Gasteiger partial charge in [0.05, 0.1) is 15.1 Å². The summed E-state index contributed by atoms with van der Waals surface area (Å²) in [5.41, 5.74) is 2.65. The molecule has 0 saturated carbocycles. The molecule has 0 atom stereocenters. The van der Waals surface area contributed by atoms with E-state index in [1.165, 1.54) is 0 Å². The lowest BCUT2D eigenvalue weighted by Crippen LogP contribution is -2.01. The van der Waals surface area contributed by atoms with Gasteiger partial charge in [0.2, 0.25) is 0 Å². The van der Waals surface area contributed by atoms with Gasteiger partial charge in [-0.25, -0.2) is 0 Å². The minimum absolute atomic E-state index is 0.137. The third-order valence-corrected chi connectivity index (χ3v) is 5.93. The molecule has 0 aliphatic heterocycles. The van der Waals surface area contributed by atoms with Crippen molar-refractivity contribution in [1.82, 2.24) is 0 Å². The molecular weight excluding hydrogens is 520 g/mol.